The van der Waals surface area contributed by atoms with Gasteiger partial charge in [-0.3, -0.25) is 9.78 Å². The Morgan fingerprint density at radius 3 is 2.50 bits per heavy atom. The lowest BCUT2D eigenvalue weighted by Crippen LogP contribution is -2.22. The fourth-order valence-electron chi connectivity index (χ4n) is 3.89. The maximum atomic E-state index is 13.1. The molecule has 0 fully saturated rings. The summed E-state index contributed by atoms with van der Waals surface area (Å²) in [6.07, 6.45) is 6.10. The van der Waals surface area contributed by atoms with Crippen LogP contribution in [0.1, 0.15) is 47.3 Å². The maximum Gasteiger partial charge on any atom is 0.339 e. The molecule has 0 saturated heterocycles. The van der Waals surface area contributed by atoms with Crippen molar-refractivity contribution in [2.24, 2.45) is 0 Å². The minimum Gasteiger partial charge on any atom is -0.452 e. The lowest BCUT2D eigenvalue weighted by Gasteiger charge is -2.18. The third-order valence-corrected chi connectivity index (χ3v) is 5.86. The number of nitrogens with one attached hydrogen (secondary N) is 1. The Bertz CT molecular complexity index is 1080. The van der Waals surface area contributed by atoms with Crippen molar-refractivity contribution < 1.29 is 14.3 Å². The normalized spacial score (nSPS) is 13.8. The molecule has 154 valence electrons. The molecule has 3 aromatic rings. The predicted octanol–water partition coefficient (Wildman–Crippen LogP) is 5.45. The first-order valence-electron chi connectivity index (χ1n) is 10.2. The number of fused-ring (bicyclic) bond motifs is 2. The van der Waals surface area contributed by atoms with E-state index in [-0.39, 0.29) is 12.5 Å². The molecule has 4 rings (SSSR count). The minimum atomic E-state index is -0.462. The van der Waals surface area contributed by atoms with Crippen LogP contribution in [0.15, 0.2) is 53.0 Å². The molecule has 0 saturated carbocycles. The van der Waals surface area contributed by atoms with Crippen molar-refractivity contribution in [2.75, 3.05) is 11.9 Å². The molecule has 30 heavy (non-hydrogen) atoms. The van der Waals surface area contributed by atoms with Crippen molar-refractivity contribution in [3.63, 3.8) is 0 Å². The Balaban J connectivity index is 1.56. The minimum absolute atomic E-state index is 0.333. The molecule has 1 aromatic heterocycles. The highest BCUT2D eigenvalue weighted by atomic mass is 79.9. The highest BCUT2D eigenvalue weighted by molar-refractivity contribution is 9.10. The van der Waals surface area contributed by atoms with Crippen LogP contribution in [-0.4, -0.2) is 23.5 Å². The Kier molecular flexibility index (Phi) is 6.43. The van der Waals surface area contributed by atoms with E-state index >= 15 is 0 Å². The molecule has 1 aliphatic rings. The number of carbonyl (C=O) groups excluding carboxylic acids is 2. The van der Waals surface area contributed by atoms with Gasteiger partial charge in [-0.2, -0.15) is 0 Å². The first-order valence-corrected chi connectivity index (χ1v) is 11.0. The summed E-state index contributed by atoms with van der Waals surface area (Å²) < 4.78 is 6.37. The average molecular weight is 467 g/mol. The van der Waals surface area contributed by atoms with Crippen molar-refractivity contribution >= 4 is 44.4 Å². The number of aromatic nitrogens is 1. The van der Waals surface area contributed by atoms with Crippen molar-refractivity contribution in [3.05, 3.63) is 69.8 Å². The number of esters is 1. The topological polar surface area (TPSA) is 68.3 Å². The lowest BCUT2D eigenvalue weighted by molar-refractivity contribution is -0.119. The van der Waals surface area contributed by atoms with E-state index in [9.17, 15) is 9.59 Å². The molecule has 0 radical (unpaired) electrons. The summed E-state index contributed by atoms with van der Waals surface area (Å²) in [7, 11) is 0. The standard InChI is InChI=1S/C24H23BrN2O3/c25-16-11-13-17(14-12-16)26-22(28)15-30-24(29)23-18-7-3-1-2-4-9-20(18)27-21-10-6-5-8-19(21)23/h5-6,8,10-14H,1-4,7,9,15H2,(H,26,28). The number of benzene rings is 2. The largest absolute Gasteiger partial charge is 0.452 e. The van der Waals surface area contributed by atoms with Crippen LogP contribution in [-0.2, 0) is 22.4 Å². The maximum absolute atomic E-state index is 13.1. The van der Waals surface area contributed by atoms with E-state index in [0.717, 1.165) is 58.7 Å². The quantitative estimate of drug-likeness (QED) is 0.518. The highest BCUT2D eigenvalue weighted by Crippen LogP contribution is 2.29. The van der Waals surface area contributed by atoms with Gasteiger partial charge < -0.3 is 10.1 Å². The molecule has 6 heteroatoms. The van der Waals surface area contributed by atoms with Gasteiger partial charge in [0.05, 0.1) is 11.1 Å². The monoisotopic (exact) mass is 466 g/mol. The van der Waals surface area contributed by atoms with E-state index in [1.165, 1.54) is 6.42 Å². The van der Waals surface area contributed by atoms with Gasteiger partial charge in [0.1, 0.15) is 0 Å². The van der Waals surface area contributed by atoms with Crippen LogP contribution in [0.4, 0.5) is 5.69 Å². The van der Waals surface area contributed by atoms with Gasteiger partial charge in [-0.1, -0.05) is 47.0 Å². The molecular weight excluding hydrogens is 444 g/mol. The van der Waals surface area contributed by atoms with Crippen molar-refractivity contribution in [1.29, 1.82) is 0 Å². The molecule has 1 aliphatic carbocycles. The molecule has 0 spiro atoms. The van der Waals surface area contributed by atoms with E-state index in [2.05, 4.69) is 21.2 Å². The van der Waals surface area contributed by atoms with Crippen molar-refractivity contribution in [1.82, 2.24) is 4.98 Å². The second-order valence-electron chi connectivity index (χ2n) is 7.47. The number of aryl methyl sites for hydroxylation is 1. The van der Waals surface area contributed by atoms with Crippen LogP contribution in [0.2, 0.25) is 0 Å². The van der Waals surface area contributed by atoms with Crippen LogP contribution in [0.25, 0.3) is 10.9 Å². The molecule has 0 atom stereocenters. The summed E-state index contributed by atoms with van der Waals surface area (Å²) in [5.41, 5.74) is 3.97. The fraction of sp³-hybridized carbons (Fsp3) is 0.292. The van der Waals surface area contributed by atoms with Crippen molar-refractivity contribution in [3.8, 4) is 0 Å². The number of hydrogen-bond donors (Lipinski definition) is 1. The van der Waals surface area contributed by atoms with Gasteiger partial charge in [-0.15, -0.1) is 0 Å². The van der Waals surface area contributed by atoms with E-state index < -0.39 is 5.97 Å². The van der Waals surface area contributed by atoms with Crippen molar-refractivity contribution in [2.45, 2.75) is 38.5 Å². The first-order chi connectivity index (χ1) is 14.6. The van der Waals surface area contributed by atoms with Gasteiger partial charge in [-0.05, 0) is 61.6 Å². The fourth-order valence-corrected chi connectivity index (χ4v) is 4.16. The number of ether oxygens (including phenoxy) is 1. The van der Waals surface area contributed by atoms with Crippen LogP contribution in [0.5, 0.6) is 0 Å². The number of para-hydroxylation sites is 1. The molecule has 2 aromatic carbocycles. The number of rotatable bonds is 4. The zero-order valence-electron chi connectivity index (χ0n) is 16.6. The molecule has 0 unspecified atom stereocenters. The summed E-state index contributed by atoms with van der Waals surface area (Å²) >= 11 is 3.36. The van der Waals surface area contributed by atoms with Crippen LogP contribution in [0.3, 0.4) is 0 Å². The Hall–Kier alpha value is -2.73. The van der Waals surface area contributed by atoms with Gasteiger partial charge in [0.25, 0.3) is 5.91 Å². The van der Waals surface area contributed by atoms with Crippen LogP contribution < -0.4 is 5.32 Å². The average Bonchev–Trinajstić information content (AvgIpc) is 2.73. The van der Waals surface area contributed by atoms with Gasteiger partial charge in [0.15, 0.2) is 6.61 Å². The molecule has 1 heterocycles. The number of halogens is 1. The summed E-state index contributed by atoms with van der Waals surface area (Å²) in [5, 5.41) is 3.53. The third-order valence-electron chi connectivity index (χ3n) is 5.34. The molecular formula is C24H23BrN2O3. The molecule has 5 nitrogen and oxygen atoms in total. The van der Waals surface area contributed by atoms with E-state index in [0.29, 0.717) is 11.3 Å². The lowest BCUT2D eigenvalue weighted by atomic mass is 9.91. The molecule has 1 N–H and O–H groups in total. The van der Waals surface area contributed by atoms with Crippen LogP contribution >= 0.6 is 15.9 Å². The van der Waals surface area contributed by atoms with Gasteiger partial charge in [0, 0.05) is 21.2 Å². The highest BCUT2D eigenvalue weighted by Gasteiger charge is 2.23. The number of amides is 1. The number of pyridine rings is 1. The van der Waals surface area contributed by atoms with Gasteiger partial charge in [0.2, 0.25) is 0 Å². The summed E-state index contributed by atoms with van der Waals surface area (Å²) in [4.78, 5) is 30.2. The number of nitrogens with zero attached hydrogens (tertiary/aromatic N) is 1. The number of hydrogen-bond acceptors (Lipinski definition) is 4. The number of carbonyl (C=O) groups is 2. The van der Waals surface area contributed by atoms with Gasteiger partial charge in [-0.25, -0.2) is 4.79 Å². The summed E-state index contributed by atoms with van der Waals surface area (Å²) in [5.74, 6) is -0.830. The van der Waals surface area contributed by atoms with E-state index in [1.54, 1.807) is 12.1 Å². The zero-order chi connectivity index (χ0) is 20.9. The zero-order valence-corrected chi connectivity index (χ0v) is 18.2. The first kappa shape index (κ1) is 20.5. The summed E-state index contributed by atoms with van der Waals surface area (Å²) in [6.45, 7) is -0.333. The number of anilines is 1. The molecule has 0 aliphatic heterocycles. The Morgan fingerprint density at radius 1 is 0.967 bits per heavy atom. The van der Waals surface area contributed by atoms with Crippen LogP contribution in [0, 0.1) is 0 Å². The second kappa shape index (κ2) is 9.39. The van der Waals surface area contributed by atoms with E-state index in [4.69, 9.17) is 9.72 Å². The predicted molar refractivity (Wildman–Crippen MR) is 121 cm³/mol. The molecule has 1 amide bonds. The smallest absolute Gasteiger partial charge is 0.339 e. The SMILES string of the molecule is O=C(COC(=O)c1c2c(nc3ccccc13)CCCCCC2)Nc1ccc(Br)cc1. The second-order valence-corrected chi connectivity index (χ2v) is 8.39. The molecule has 0 bridgehead atoms. The Morgan fingerprint density at radius 2 is 1.70 bits per heavy atom. The summed E-state index contributed by atoms with van der Waals surface area (Å²) in [6, 6.07) is 14.9. The van der Waals surface area contributed by atoms with E-state index in [1.807, 2.05) is 36.4 Å². The van der Waals surface area contributed by atoms with Gasteiger partial charge >= 0.3 is 5.97 Å². The third kappa shape index (κ3) is 4.70. The Labute approximate surface area is 184 Å².